The van der Waals surface area contributed by atoms with Crippen LogP contribution in [0.5, 0.6) is 5.75 Å². The van der Waals surface area contributed by atoms with Gasteiger partial charge in [0.1, 0.15) is 37.1 Å². The van der Waals surface area contributed by atoms with Crippen LogP contribution in [-0.2, 0) is 35.3 Å². The van der Waals surface area contributed by atoms with Gasteiger partial charge in [-0.3, -0.25) is 29.3 Å². The molecule has 1 aliphatic carbocycles. The van der Waals surface area contributed by atoms with E-state index in [1.54, 1.807) is 38.1 Å². The molecule has 0 unspecified atom stereocenters. The van der Waals surface area contributed by atoms with Crippen LogP contribution in [0.4, 0.5) is 21.0 Å². The molecule has 1 saturated heterocycles. The number of likely N-dealkylation sites (tertiary alicyclic amines) is 1. The maximum atomic E-state index is 13.9. The van der Waals surface area contributed by atoms with Gasteiger partial charge in [0.2, 0.25) is 23.6 Å². The second-order valence-corrected chi connectivity index (χ2v) is 14.7. The highest BCUT2D eigenvalue weighted by Gasteiger charge is 2.40. The fraction of sp³-hybridized carbons (Fsp3) is 0.302. The number of nitrogens with two attached hydrogens (primary N) is 1. The lowest BCUT2D eigenvalue weighted by Crippen LogP contribution is -2.57. The van der Waals surface area contributed by atoms with Gasteiger partial charge in [-0.05, 0) is 70.8 Å². The van der Waals surface area contributed by atoms with Gasteiger partial charge in [-0.2, -0.15) is 0 Å². The van der Waals surface area contributed by atoms with Crippen LogP contribution < -0.4 is 26.4 Å². The minimum atomic E-state index is -1.40. The molecule has 4 aromatic rings. The van der Waals surface area contributed by atoms with Crippen molar-refractivity contribution in [3.63, 3.8) is 0 Å². The molecule has 1 fully saturated rings. The van der Waals surface area contributed by atoms with Crippen molar-refractivity contribution >= 4 is 47.3 Å². The van der Waals surface area contributed by atoms with Gasteiger partial charge < -0.3 is 40.8 Å². The summed E-state index contributed by atoms with van der Waals surface area (Å²) in [5, 5.41) is 18.8. The Morgan fingerprint density at radius 1 is 0.850 bits per heavy atom. The number of nitrogens with one attached hydrogen (secondary N) is 3. The van der Waals surface area contributed by atoms with Crippen LogP contribution >= 0.6 is 0 Å². The Kier molecular flexibility index (Phi) is 13.4. The van der Waals surface area contributed by atoms with E-state index >= 15 is 0 Å². The maximum Gasteiger partial charge on any atom is 0.514 e. The second-order valence-electron chi connectivity index (χ2n) is 14.7. The summed E-state index contributed by atoms with van der Waals surface area (Å²) in [7, 11) is 0. The monoisotopic (exact) mass is 820 g/mol. The number of fused-ring (bicyclic) bond motifs is 3. The number of alkyl carbamates (subject to hydrolysis) is 1. The standard InChI is InChI=1S/C43H44N6O11/c1-25(2)38(40(52)45-27-15-13-26(14-16-27)23-59-43(55)60-29-19-17-28(18-20-29)49(56)57)47-39(51)36-12-7-21-48(36)41(53)35(22-37(44)50)46-42(54)58-24-34-32-10-5-3-8-30(32)31-9-4-6-11-33(31)34/h3-6,8-11,13-20,25,34-36,38H,7,12,21-24H2,1-2H3,(H2,44,50)(H,45,52)(H,46,54)(H,47,51)/t35-,36-,38-/m0/s1. The zero-order valence-corrected chi connectivity index (χ0v) is 32.8. The Morgan fingerprint density at radius 3 is 2.08 bits per heavy atom. The fourth-order valence-electron chi connectivity index (χ4n) is 7.28. The van der Waals surface area contributed by atoms with Crippen molar-refractivity contribution in [2.45, 2.75) is 63.8 Å². The number of rotatable bonds is 15. The molecule has 5 N–H and O–H groups in total. The predicted molar refractivity (Wildman–Crippen MR) is 216 cm³/mol. The number of ether oxygens (including phenoxy) is 3. The largest absolute Gasteiger partial charge is 0.514 e. The van der Waals surface area contributed by atoms with Crippen LogP contribution in [0.2, 0.25) is 0 Å². The molecule has 3 atom stereocenters. The molecule has 5 amide bonds. The minimum Gasteiger partial charge on any atom is -0.449 e. The summed E-state index contributed by atoms with van der Waals surface area (Å²) >= 11 is 0. The number of nitrogens with zero attached hydrogens (tertiary/aromatic N) is 2. The molecule has 1 heterocycles. The van der Waals surface area contributed by atoms with E-state index in [0.717, 1.165) is 22.3 Å². The molecular formula is C43H44N6O11. The number of amides is 5. The van der Waals surface area contributed by atoms with Crippen LogP contribution in [0.25, 0.3) is 11.1 Å². The van der Waals surface area contributed by atoms with E-state index in [1.807, 2.05) is 48.5 Å². The lowest BCUT2D eigenvalue weighted by Gasteiger charge is -2.30. The van der Waals surface area contributed by atoms with E-state index in [4.69, 9.17) is 19.9 Å². The van der Waals surface area contributed by atoms with Crippen molar-refractivity contribution < 1.29 is 47.9 Å². The molecule has 2 aliphatic rings. The number of hydrogen-bond acceptors (Lipinski definition) is 11. The summed E-state index contributed by atoms with van der Waals surface area (Å²) in [6.07, 6.45) is -1.72. The van der Waals surface area contributed by atoms with Gasteiger partial charge in [0.05, 0.1) is 11.3 Å². The molecule has 0 bridgehead atoms. The number of hydrogen-bond donors (Lipinski definition) is 4. The van der Waals surface area contributed by atoms with Gasteiger partial charge in [-0.1, -0.05) is 74.5 Å². The number of nitro benzene ring substituents is 1. The summed E-state index contributed by atoms with van der Waals surface area (Å²) in [5.41, 5.74) is 10.4. The molecule has 0 saturated carbocycles. The van der Waals surface area contributed by atoms with Crippen LogP contribution in [0.1, 0.15) is 55.7 Å². The molecular weight excluding hydrogens is 777 g/mol. The molecule has 1 aliphatic heterocycles. The molecule has 6 rings (SSSR count). The van der Waals surface area contributed by atoms with E-state index in [0.29, 0.717) is 17.7 Å². The zero-order chi connectivity index (χ0) is 42.9. The first kappa shape index (κ1) is 42.3. The Balaban J connectivity index is 1.01. The van der Waals surface area contributed by atoms with E-state index in [2.05, 4.69) is 16.0 Å². The van der Waals surface area contributed by atoms with Crippen molar-refractivity contribution in [2.24, 2.45) is 11.7 Å². The van der Waals surface area contributed by atoms with Gasteiger partial charge in [-0.25, -0.2) is 9.59 Å². The molecule has 60 heavy (non-hydrogen) atoms. The predicted octanol–water partition coefficient (Wildman–Crippen LogP) is 5.16. The quantitative estimate of drug-likeness (QED) is 0.0529. The van der Waals surface area contributed by atoms with Crippen molar-refractivity contribution in [1.29, 1.82) is 0 Å². The Hall–Kier alpha value is -7.30. The topological polar surface area (TPSA) is 239 Å². The lowest BCUT2D eigenvalue weighted by atomic mass is 9.98. The molecule has 0 radical (unpaired) electrons. The number of carbonyl (C=O) groups excluding carboxylic acids is 6. The van der Waals surface area contributed by atoms with Crippen LogP contribution in [0.15, 0.2) is 97.1 Å². The third kappa shape index (κ3) is 10.2. The van der Waals surface area contributed by atoms with Gasteiger partial charge in [-0.15, -0.1) is 0 Å². The summed E-state index contributed by atoms with van der Waals surface area (Å²) < 4.78 is 15.8. The third-order valence-corrected chi connectivity index (χ3v) is 10.3. The first-order valence-electron chi connectivity index (χ1n) is 19.3. The van der Waals surface area contributed by atoms with E-state index in [-0.39, 0.29) is 49.5 Å². The molecule has 312 valence electrons. The Morgan fingerprint density at radius 2 is 1.48 bits per heavy atom. The maximum absolute atomic E-state index is 13.9. The average Bonchev–Trinajstić information content (AvgIpc) is 3.85. The molecule has 4 aromatic carbocycles. The van der Waals surface area contributed by atoms with Crippen molar-refractivity contribution in [3.8, 4) is 16.9 Å². The van der Waals surface area contributed by atoms with Gasteiger partial charge in [0.15, 0.2) is 0 Å². The van der Waals surface area contributed by atoms with Crippen LogP contribution in [0.3, 0.4) is 0 Å². The van der Waals surface area contributed by atoms with Gasteiger partial charge in [0, 0.05) is 30.3 Å². The SMILES string of the molecule is CC(C)[C@H](NC(=O)[C@@H]1CCCN1C(=O)[C@H](CC(N)=O)NC(=O)OCC1c2ccccc2-c2ccccc21)C(=O)Nc1ccc(COC(=O)Oc2ccc([N+](=O)[O-])cc2)cc1. The highest BCUT2D eigenvalue weighted by Crippen LogP contribution is 2.44. The van der Waals surface area contributed by atoms with Gasteiger partial charge >= 0.3 is 12.2 Å². The van der Waals surface area contributed by atoms with Crippen molar-refractivity contribution in [3.05, 3.63) is 124 Å². The lowest BCUT2D eigenvalue weighted by molar-refractivity contribution is -0.384. The number of benzene rings is 4. The molecule has 0 spiro atoms. The fourth-order valence-corrected chi connectivity index (χ4v) is 7.28. The summed E-state index contributed by atoms with van der Waals surface area (Å²) in [6, 6.07) is 23.6. The van der Waals surface area contributed by atoms with Crippen molar-refractivity contribution in [2.75, 3.05) is 18.5 Å². The normalized spacial score (nSPS) is 15.2. The van der Waals surface area contributed by atoms with E-state index in [9.17, 15) is 38.9 Å². The summed E-state index contributed by atoms with van der Waals surface area (Å²) in [5.74, 6) is -3.16. The average molecular weight is 821 g/mol. The summed E-state index contributed by atoms with van der Waals surface area (Å²) in [4.78, 5) is 89.9. The molecule has 17 heteroatoms. The number of carbonyl (C=O) groups is 6. The highest BCUT2D eigenvalue weighted by atomic mass is 16.7. The minimum absolute atomic E-state index is 0.0203. The Bertz CT molecular complexity index is 2220. The molecule has 17 nitrogen and oxygen atoms in total. The number of anilines is 1. The number of primary amides is 1. The number of non-ortho nitro benzene ring substituents is 1. The smallest absolute Gasteiger partial charge is 0.449 e. The van der Waals surface area contributed by atoms with E-state index in [1.165, 1.54) is 29.2 Å². The second kappa shape index (κ2) is 19.0. The molecule has 0 aromatic heterocycles. The number of nitro groups is 1. The van der Waals surface area contributed by atoms with Gasteiger partial charge in [0.25, 0.3) is 5.69 Å². The third-order valence-electron chi connectivity index (χ3n) is 10.3. The zero-order valence-electron chi connectivity index (χ0n) is 32.8. The van der Waals surface area contributed by atoms with Crippen LogP contribution in [-0.4, -0.2) is 77.0 Å². The Labute approximate surface area is 344 Å². The first-order valence-corrected chi connectivity index (χ1v) is 19.3. The highest BCUT2D eigenvalue weighted by molar-refractivity contribution is 5.99. The first-order chi connectivity index (χ1) is 28.8. The van der Waals surface area contributed by atoms with E-state index < -0.39 is 65.3 Å². The van der Waals surface area contributed by atoms with Crippen LogP contribution in [0, 0.1) is 16.0 Å². The van der Waals surface area contributed by atoms with Crippen molar-refractivity contribution in [1.82, 2.24) is 15.5 Å². The summed E-state index contributed by atoms with van der Waals surface area (Å²) in [6.45, 7) is 3.48.